The number of nitrogens with one attached hydrogen (secondary N) is 1. The number of H-pyrrole nitrogens is 1. The van der Waals surface area contributed by atoms with Gasteiger partial charge < -0.3 is 33.8 Å². The zero-order valence-corrected chi connectivity index (χ0v) is 45.4. The fourth-order valence-corrected chi connectivity index (χ4v) is 15.6. The summed E-state index contributed by atoms with van der Waals surface area (Å²) in [5.41, 5.74) is 7.02. The van der Waals surface area contributed by atoms with E-state index in [0.29, 0.717) is 42.0 Å². The van der Waals surface area contributed by atoms with Crippen LogP contribution in [0.3, 0.4) is 0 Å². The average molecular weight is 1050 g/mol. The molecule has 5 aromatic carbocycles. The lowest BCUT2D eigenvalue weighted by atomic mass is 9.80. The van der Waals surface area contributed by atoms with Gasteiger partial charge in [-0.2, -0.15) is 10.0 Å². The van der Waals surface area contributed by atoms with E-state index in [-0.39, 0.29) is 30.0 Å². The topological polar surface area (TPSA) is 184 Å². The largest absolute Gasteiger partial charge is 0.497 e. The highest BCUT2D eigenvalue weighted by Gasteiger charge is 2.54. The molecule has 3 N–H and O–H groups in total. The molecule has 16 nitrogen and oxygen atoms in total. The van der Waals surface area contributed by atoms with Gasteiger partial charge in [-0.05, 0) is 76.6 Å². The van der Waals surface area contributed by atoms with Crippen LogP contribution in [-0.2, 0) is 29.1 Å². The van der Waals surface area contributed by atoms with Crippen LogP contribution in [0.2, 0.25) is 5.04 Å². The van der Waals surface area contributed by atoms with Gasteiger partial charge in [0, 0.05) is 49.5 Å². The van der Waals surface area contributed by atoms with Crippen molar-refractivity contribution in [1.82, 2.24) is 24.2 Å². The number of hydroxylamine groups is 2. The van der Waals surface area contributed by atoms with Crippen molar-refractivity contribution >= 4 is 24.5 Å². The second-order valence-corrected chi connectivity index (χ2v) is 25.0. The molecule has 76 heavy (non-hydrogen) atoms. The van der Waals surface area contributed by atoms with Crippen LogP contribution >= 0.6 is 0 Å². The van der Waals surface area contributed by atoms with E-state index in [2.05, 4.69) is 55.0 Å². The third-order valence-corrected chi connectivity index (χ3v) is 19.9. The zero-order valence-electron chi connectivity index (χ0n) is 44.4. The second-order valence-electron chi connectivity index (χ2n) is 20.7. The standard InChI is InChI=1S/C59H68N6O10Si/c1-39-34-64(56(67)61-54(39)60)52-32-41(50(73-52)37-71-59(42-18-12-9-13-19-42,43-24-28-45(69-7)29-25-43)44-26-30-46(70-8)31-27-44)36-63(6)72-38-51-49(33-53(74-51)65-35-40(2)55(66)62-57(65)68)75-76(58(3,4)5,47-20-14-10-15-21-47)48-22-16-11-17-23-48/h9-31,34-35,41,49-53H,32-33,36-38H2,1-8H3,(H2,60,61,67)(H,62,66,68)/t41-,49+,50-,51-,52-,53-/m1/s1. The number of aromatic nitrogens is 4. The molecule has 2 aliphatic rings. The number of methoxy groups -OCH3 is 2. The number of nitrogen functional groups attached to an aromatic ring is 1. The Hall–Kier alpha value is -6.96. The quantitative estimate of drug-likeness (QED) is 0.0479. The predicted octanol–water partition coefficient (Wildman–Crippen LogP) is 7.02. The van der Waals surface area contributed by atoms with Crippen molar-refractivity contribution < 1.29 is 32.9 Å². The van der Waals surface area contributed by atoms with E-state index in [1.54, 1.807) is 45.5 Å². The number of aryl methyl sites for hydroxylation is 2. The van der Waals surface area contributed by atoms with E-state index in [0.717, 1.165) is 27.1 Å². The molecular formula is C59H68N6O10Si. The number of rotatable bonds is 19. The van der Waals surface area contributed by atoms with Crippen molar-refractivity contribution in [3.63, 3.8) is 0 Å². The molecule has 0 saturated carbocycles. The van der Waals surface area contributed by atoms with Crippen LogP contribution in [-0.4, -0.2) is 91.8 Å². The summed E-state index contributed by atoms with van der Waals surface area (Å²) < 4.78 is 42.9. The molecule has 4 heterocycles. The molecule has 7 aromatic rings. The van der Waals surface area contributed by atoms with Crippen LogP contribution in [0.25, 0.3) is 0 Å². The molecule has 9 rings (SSSR count). The molecule has 6 atom stereocenters. The van der Waals surface area contributed by atoms with Gasteiger partial charge in [-0.1, -0.05) is 136 Å². The van der Waals surface area contributed by atoms with Gasteiger partial charge in [-0.25, -0.2) is 9.59 Å². The molecule has 2 saturated heterocycles. The summed E-state index contributed by atoms with van der Waals surface area (Å²) in [7, 11) is 1.97. The van der Waals surface area contributed by atoms with Gasteiger partial charge in [-0.3, -0.25) is 23.8 Å². The summed E-state index contributed by atoms with van der Waals surface area (Å²) in [5, 5.41) is 3.59. The maximum atomic E-state index is 13.5. The number of anilines is 1. The van der Waals surface area contributed by atoms with Crippen LogP contribution in [0, 0.1) is 19.8 Å². The van der Waals surface area contributed by atoms with Crippen LogP contribution in [0.4, 0.5) is 5.82 Å². The summed E-state index contributed by atoms with van der Waals surface area (Å²) in [6.45, 7) is 10.6. The van der Waals surface area contributed by atoms with Crippen LogP contribution < -0.4 is 42.5 Å². The maximum Gasteiger partial charge on any atom is 0.351 e. The Morgan fingerprint density at radius 2 is 1.20 bits per heavy atom. The summed E-state index contributed by atoms with van der Waals surface area (Å²) in [4.78, 5) is 52.8. The Morgan fingerprint density at radius 3 is 1.75 bits per heavy atom. The summed E-state index contributed by atoms with van der Waals surface area (Å²) in [6.07, 6.45) is 0.671. The minimum Gasteiger partial charge on any atom is -0.497 e. The number of hydrogen-bond acceptors (Lipinski definition) is 13. The number of benzene rings is 5. The lowest BCUT2D eigenvalue weighted by Gasteiger charge is -2.45. The lowest BCUT2D eigenvalue weighted by Crippen LogP contribution is -2.68. The van der Waals surface area contributed by atoms with E-state index >= 15 is 0 Å². The normalized spacial score (nSPS) is 20.0. The van der Waals surface area contributed by atoms with Gasteiger partial charge in [0.05, 0.1) is 39.6 Å². The van der Waals surface area contributed by atoms with Crippen molar-refractivity contribution in [3.05, 3.63) is 211 Å². The van der Waals surface area contributed by atoms with E-state index in [4.69, 9.17) is 38.7 Å². The van der Waals surface area contributed by atoms with E-state index in [9.17, 15) is 14.4 Å². The van der Waals surface area contributed by atoms with Gasteiger partial charge in [-0.15, -0.1) is 0 Å². The number of hydrogen-bond donors (Lipinski definition) is 2. The lowest BCUT2D eigenvalue weighted by molar-refractivity contribution is -0.187. The molecule has 0 bridgehead atoms. The highest BCUT2D eigenvalue weighted by Crippen LogP contribution is 2.45. The zero-order chi connectivity index (χ0) is 53.8. The Kier molecular flexibility index (Phi) is 16.1. The molecule has 398 valence electrons. The van der Waals surface area contributed by atoms with Gasteiger partial charge in [0.15, 0.2) is 0 Å². The average Bonchev–Trinajstić information content (AvgIpc) is 4.11. The fourth-order valence-electron chi connectivity index (χ4n) is 10.8. The van der Waals surface area contributed by atoms with Crippen molar-refractivity contribution in [2.45, 2.75) is 88.9 Å². The van der Waals surface area contributed by atoms with Crippen molar-refractivity contribution in [1.29, 1.82) is 0 Å². The van der Waals surface area contributed by atoms with Gasteiger partial charge in [0.1, 0.15) is 41.5 Å². The van der Waals surface area contributed by atoms with E-state index in [1.165, 1.54) is 9.13 Å². The molecule has 2 aromatic heterocycles. The third kappa shape index (κ3) is 10.9. The Balaban J connectivity index is 1.04. The second kappa shape index (κ2) is 22.7. The highest BCUT2D eigenvalue weighted by molar-refractivity contribution is 6.99. The summed E-state index contributed by atoms with van der Waals surface area (Å²) >= 11 is 0. The number of ether oxygens (including phenoxy) is 5. The summed E-state index contributed by atoms with van der Waals surface area (Å²) in [5.74, 6) is 1.29. The monoisotopic (exact) mass is 1050 g/mol. The smallest absolute Gasteiger partial charge is 0.351 e. The molecule has 0 unspecified atom stereocenters. The van der Waals surface area contributed by atoms with E-state index < -0.39 is 61.6 Å². The molecule has 0 radical (unpaired) electrons. The van der Waals surface area contributed by atoms with Crippen molar-refractivity contribution in [2.75, 3.05) is 46.8 Å². The molecule has 0 spiro atoms. The minimum atomic E-state index is -3.15. The van der Waals surface area contributed by atoms with Gasteiger partial charge >= 0.3 is 11.4 Å². The minimum absolute atomic E-state index is 0.0533. The van der Waals surface area contributed by atoms with Crippen LogP contribution in [0.1, 0.15) is 73.9 Å². The Morgan fingerprint density at radius 1 is 0.684 bits per heavy atom. The first-order valence-electron chi connectivity index (χ1n) is 25.6. The first kappa shape index (κ1) is 53.8. The molecule has 17 heteroatoms. The molecular weight excluding hydrogens is 981 g/mol. The molecule has 2 fully saturated rings. The van der Waals surface area contributed by atoms with Gasteiger partial charge in [0.25, 0.3) is 13.9 Å². The number of nitrogens with zero attached hydrogens (tertiary/aromatic N) is 4. The third-order valence-electron chi connectivity index (χ3n) is 14.8. The molecule has 0 amide bonds. The van der Waals surface area contributed by atoms with Crippen molar-refractivity contribution in [2.24, 2.45) is 5.92 Å². The maximum absolute atomic E-state index is 13.5. The number of nitrogens with two attached hydrogens (primary N) is 1. The first-order chi connectivity index (χ1) is 36.5. The fraction of sp³-hybridized carbons (Fsp3) is 0.356. The van der Waals surface area contributed by atoms with Gasteiger partial charge in [0.2, 0.25) is 0 Å². The van der Waals surface area contributed by atoms with Crippen LogP contribution in [0.5, 0.6) is 11.5 Å². The Labute approximate surface area is 444 Å². The first-order valence-corrected chi connectivity index (χ1v) is 27.5. The highest BCUT2D eigenvalue weighted by atomic mass is 28.4. The predicted molar refractivity (Wildman–Crippen MR) is 294 cm³/mol. The molecule has 2 aliphatic heterocycles. The Bertz CT molecular complexity index is 3150. The number of aromatic amines is 1. The summed E-state index contributed by atoms with van der Waals surface area (Å²) in [6, 6.07) is 46.4. The van der Waals surface area contributed by atoms with E-state index in [1.807, 2.05) is 122 Å². The molecule has 0 aliphatic carbocycles. The van der Waals surface area contributed by atoms with Crippen LogP contribution in [0.15, 0.2) is 166 Å². The SMILES string of the molecule is COc1ccc(C(OC[C@H]2O[C@@H](n3cc(C)c(N)nc3=O)C[C@@H]2CN(C)OC[C@H]2O[C@@H](n3cc(C)c(=O)[nH]c3=O)C[C@@H]2O[Si](c2ccccc2)(c2ccccc2)C(C)(C)C)(c2ccccc2)c2ccc(OC)cc2)cc1. The van der Waals surface area contributed by atoms with Crippen molar-refractivity contribution in [3.8, 4) is 11.5 Å².